The summed E-state index contributed by atoms with van der Waals surface area (Å²) in [4.78, 5) is 28.8. The van der Waals surface area contributed by atoms with E-state index in [2.05, 4.69) is 51.5 Å². The fourth-order valence-corrected chi connectivity index (χ4v) is 5.68. The molecule has 0 radical (unpaired) electrons. The van der Waals surface area contributed by atoms with Crippen molar-refractivity contribution < 1.29 is 9.59 Å². The number of benzene rings is 2. The van der Waals surface area contributed by atoms with E-state index >= 15 is 0 Å². The number of hydrogen-bond acceptors (Lipinski definition) is 2. The van der Waals surface area contributed by atoms with E-state index in [9.17, 15) is 9.59 Å². The molecule has 0 spiro atoms. The summed E-state index contributed by atoms with van der Waals surface area (Å²) in [5.74, 6) is -0.465. The predicted molar refractivity (Wildman–Crippen MR) is 139 cm³/mol. The minimum Gasteiger partial charge on any atom is -0.315 e. The standard InChI is InChI=1S/C25H34N2O2Si2/c1-9-30(5,6)22-15-11-13-20(17-22)26(3)24(28)19-25(29)27(4)21-14-12-16-23(18-21)31(7,8)10-2/h9-18H,1-2,19H2,3-8H3. The topological polar surface area (TPSA) is 40.6 Å². The number of anilines is 2. The molecule has 2 aromatic rings. The van der Waals surface area contributed by atoms with Crippen molar-refractivity contribution in [3.8, 4) is 0 Å². The highest BCUT2D eigenvalue weighted by Crippen LogP contribution is 2.18. The number of carbonyl (C=O) groups is 2. The molecule has 0 heterocycles. The van der Waals surface area contributed by atoms with Gasteiger partial charge in [0.2, 0.25) is 11.8 Å². The lowest BCUT2D eigenvalue weighted by Crippen LogP contribution is -2.41. The summed E-state index contributed by atoms with van der Waals surface area (Å²) in [7, 11) is -0.0366. The van der Waals surface area contributed by atoms with Crippen LogP contribution < -0.4 is 20.2 Å². The van der Waals surface area contributed by atoms with Crippen LogP contribution in [0.1, 0.15) is 6.42 Å². The molecule has 0 fully saturated rings. The van der Waals surface area contributed by atoms with Gasteiger partial charge in [0.15, 0.2) is 0 Å². The zero-order valence-electron chi connectivity index (χ0n) is 19.6. The van der Waals surface area contributed by atoms with Gasteiger partial charge in [0, 0.05) is 25.5 Å². The van der Waals surface area contributed by atoms with Crippen molar-refractivity contribution in [3.05, 3.63) is 73.1 Å². The van der Waals surface area contributed by atoms with Gasteiger partial charge in [0.1, 0.15) is 22.6 Å². The van der Waals surface area contributed by atoms with Crippen LogP contribution in [0.4, 0.5) is 11.4 Å². The molecule has 6 heteroatoms. The molecule has 2 rings (SSSR count). The molecule has 0 saturated heterocycles. The Labute approximate surface area is 188 Å². The fourth-order valence-electron chi connectivity index (χ4n) is 3.12. The average Bonchev–Trinajstić information content (AvgIpc) is 2.78. The average molecular weight is 451 g/mol. The van der Waals surface area contributed by atoms with E-state index < -0.39 is 16.1 Å². The molecule has 164 valence electrons. The van der Waals surface area contributed by atoms with Crippen molar-refractivity contribution in [2.45, 2.75) is 32.6 Å². The molecule has 4 nitrogen and oxygen atoms in total. The quantitative estimate of drug-likeness (QED) is 0.451. The van der Waals surface area contributed by atoms with Gasteiger partial charge in [-0.15, -0.1) is 13.2 Å². The third kappa shape index (κ3) is 5.71. The van der Waals surface area contributed by atoms with E-state index in [0.717, 1.165) is 11.4 Å². The molecule has 31 heavy (non-hydrogen) atoms. The van der Waals surface area contributed by atoms with Crippen molar-refractivity contribution in [2.24, 2.45) is 0 Å². The minimum absolute atomic E-state index is 0.188. The lowest BCUT2D eigenvalue weighted by Gasteiger charge is -2.24. The Morgan fingerprint density at radius 2 is 1.13 bits per heavy atom. The second kappa shape index (κ2) is 9.62. The molecule has 0 saturated carbocycles. The lowest BCUT2D eigenvalue weighted by molar-refractivity contribution is -0.126. The van der Waals surface area contributed by atoms with Gasteiger partial charge < -0.3 is 9.80 Å². The summed E-state index contributed by atoms with van der Waals surface area (Å²) in [5, 5.41) is 2.41. The molecule has 0 aliphatic heterocycles. The van der Waals surface area contributed by atoms with Crippen molar-refractivity contribution in [3.63, 3.8) is 0 Å². The first-order valence-corrected chi connectivity index (χ1v) is 16.6. The van der Waals surface area contributed by atoms with E-state index in [1.165, 1.54) is 10.4 Å². The van der Waals surface area contributed by atoms with Crippen LogP contribution in [0, 0.1) is 0 Å². The fraction of sp³-hybridized carbons (Fsp3) is 0.280. The van der Waals surface area contributed by atoms with Crippen LogP contribution in [0.2, 0.25) is 26.2 Å². The van der Waals surface area contributed by atoms with Crippen LogP contribution >= 0.6 is 0 Å². The molecule has 2 aromatic carbocycles. The second-order valence-corrected chi connectivity index (χ2v) is 17.9. The Kier molecular flexibility index (Phi) is 7.62. The second-order valence-electron chi connectivity index (χ2n) is 9.03. The predicted octanol–water partition coefficient (Wildman–Crippen LogP) is 3.98. The van der Waals surface area contributed by atoms with Crippen molar-refractivity contribution >= 4 is 49.7 Å². The first-order chi connectivity index (χ1) is 14.4. The Balaban J connectivity index is 2.16. The number of amides is 2. The highest BCUT2D eigenvalue weighted by atomic mass is 28.3. The molecule has 0 N–H and O–H groups in total. The van der Waals surface area contributed by atoms with Gasteiger partial charge in [0.05, 0.1) is 0 Å². The van der Waals surface area contributed by atoms with Gasteiger partial charge >= 0.3 is 0 Å². The van der Waals surface area contributed by atoms with Crippen LogP contribution in [-0.2, 0) is 9.59 Å². The lowest BCUT2D eigenvalue weighted by atomic mass is 10.2. The molecular formula is C25H34N2O2Si2. The van der Waals surface area contributed by atoms with Gasteiger partial charge in [0.25, 0.3) is 0 Å². The SMILES string of the molecule is C=C[Si](C)(C)c1cccc(N(C)C(=O)CC(=O)N(C)c2cccc([Si](C)(C)C=C)c2)c1. The summed E-state index contributed by atoms with van der Waals surface area (Å²) in [5.41, 5.74) is 5.64. The molecule has 0 aliphatic rings. The molecule has 2 amide bonds. The van der Waals surface area contributed by atoms with Crippen LogP contribution in [0.25, 0.3) is 0 Å². The van der Waals surface area contributed by atoms with Gasteiger partial charge in [-0.3, -0.25) is 9.59 Å². The van der Waals surface area contributed by atoms with Crippen LogP contribution in [-0.4, -0.2) is 42.1 Å². The van der Waals surface area contributed by atoms with E-state index in [0.29, 0.717) is 0 Å². The van der Waals surface area contributed by atoms with Crippen molar-refractivity contribution in [1.29, 1.82) is 0 Å². The van der Waals surface area contributed by atoms with Crippen LogP contribution in [0.3, 0.4) is 0 Å². The molecule has 0 unspecified atom stereocenters. The third-order valence-corrected chi connectivity index (χ3v) is 11.7. The highest BCUT2D eigenvalue weighted by Gasteiger charge is 2.24. The summed E-state index contributed by atoms with van der Waals surface area (Å²) in [6.07, 6.45) is -0.188. The largest absolute Gasteiger partial charge is 0.315 e. The van der Waals surface area contributed by atoms with Crippen molar-refractivity contribution in [1.82, 2.24) is 0 Å². The van der Waals surface area contributed by atoms with Gasteiger partial charge in [-0.05, 0) is 24.3 Å². The van der Waals surface area contributed by atoms with E-state index in [4.69, 9.17) is 0 Å². The van der Waals surface area contributed by atoms with Gasteiger partial charge in [-0.25, -0.2) is 0 Å². The Morgan fingerprint density at radius 1 is 0.774 bits per heavy atom. The molecule has 0 atom stereocenters. The maximum Gasteiger partial charge on any atom is 0.236 e. The van der Waals surface area contributed by atoms with E-state index in [1.54, 1.807) is 23.9 Å². The number of nitrogens with zero attached hydrogens (tertiary/aromatic N) is 2. The monoisotopic (exact) mass is 450 g/mol. The number of rotatable bonds is 8. The zero-order chi connectivity index (χ0) is 23.4. The normalized spacial score (nSPS) is 11.5. The summed E-state index contributed by atoms with van der Waals surface area (Å²) < 4.78 is 0. The number of hydrogen-bond donors (Lipinski definition) is 0. The van der Waals surface area contributed by atoms with Crippen LogP contribution in [0.15, 0.2) is 73.1 Å². The van der Waals surface area contributed by atoms with Crippen LogP contribution in [0.5, 0.6) is 0 Å². The maximum atomic E-state index is 12.9. The van der Waals surface area contributed by atoms with Gasteiger partial charge in [-0.1, -0.05) is 72.2 Å². The smallest absolute Gasteiger partial charge is 0.236 e. The van der Waals surface area contributed by atoms with Gasteiger partial charge in [-0.2, -0.15) is 0 Å². The summed E-state index contributed by atoms with van der Waals surface area (Å²) in [6.45, 7) is 16.8. The number of carbonyl (C=O) groups excluding carboxylic acids is 2. The molecule has 0 aliphatic carbocycles. The first-order valence-electron chi connectivity index (χ1n) is 10.4. The molecular weight excluding hydrogens is 416 g/mol. The zero-order valence-corrected chi connectivity index (χ0v) is 21.6. The van der Waals surface area contributed by atoms with Crippen molar-refractivity contribution in [2.75, 3.05) is 23.9 Å². The maximum absolute atomic E-state index is 12.9. The summed E-state index contributed by atoms with van der Waals surface area (Å²) >= 11 is 0. The Bertz CT molecular complexity index is 919. The molecule has 0 bridgehead atoms. The third-order valence-electron chi connectivity index (χ3n) is 6.03. The molecule has 0 aromatic heterocycles. The first kappa shape index (κ1) is 24.6. The Hall–Kier alpha value is -2.71. The highest BCUT2D eigenvalue weighted by molar-refractivity contribution is 6.94. The minimum atomic E-state index is -1.74. The van der Waals surface area contributed by atoms with E-state index in [-0.39, 0.29) is 18.2 Å². The summed E-state index contributed by atoms with van der Waals surface area (Å²) in [6, 6.07) is 15.9. The van der Waals surface area contributed by atoms with E-state index in [1.807, 2.05) is 47.8 Å². The Morgan fingerprint density at radius 3 is 1.45 bits per heavy atom.